The predicted octanol–water partition coefficient (Wildman–Crippen LogP) is -0.969. The van der Waals surface area contributed by atoms with E-state index in [1.165, 1.54) is 0 Å². The molecule has 2 heterocycles. The van der Waals surface area contributed by atoms with Crippen molar-refractivity contribution in [3.05, 3.63) is 17.1 Å². The van der Waals surface area contributed by atoms with Gasteiger partial charge in [-0.25, -0.2) is 18.4 Å². The largest absolute Gasteiger partial charge is 0.383 e. The normalized spacial score (nSPS) is 18.1. The summed E-state index contributed by atoms with van der Waals surface area (Å²) in [4.78, 5) is 8.36. The van der Waals surface area contributed by atoms with Gasteiger partial charge in [-0.2, -0.15) is 0 Å². The van der Waals surface area contributed by atoms with E-state index in [-0.39, 0.29) is 17.3 Å². The molecule has 0 aromatic carbocycles. The number of nitrogens with two attached hydrogens (primary N) is 2. The number of hydrogen-bond donors (Lipinski definition) is 2. The number of sulfone groups is 1. The quantitative estimate of drug-likeness (QED) is 0.690. The van der Waals surface area contributed by atoms with E-state index < -0.39 is 9.84 Å². The van der Waals surface area contributed by atoms with Gasteiger partial charge in [-0.3, -0.25) is 0 Å². The van der Waals surface area contributed by atoms with Crippen LogP contribution in [0.4, 0.5) is 5.82 Å². The highest BCUT2D eigenvalue weighted by Crippen LogP contribution is 2.23. The smallest absolute Gasteiger partial charge is 0.155 e. The third kappa shape index (κ3) is 2.14. The Labute approximate surface area is 94.0 Å². The third-order valence-electron chi connectivity index (χ3n) is 2.55. The van der Waals surface area contributed by atoms with E-state index in [2.05, 4.69) is 9.97 Å². The zero-order valence-corrected chi connectivity index (χ0v) is 9.63. The molecule has 88 valence electrons. The Hall–Kier alpha value is -1.21. The Morgan fingerprint density at radius 1 is 1.31 bits per heavy atom. The van der Waals surface area contributed by atoms with Crippen molar-refractivity contribution in [2.24, 2.45) is 5.73 Å². The number of anilines is 1. The summed E-state index contributed by atoms with van der Waals surface area (Å²) in [5, 5.41) is 0. The highest BCUT2D eigenvalue weighted by Gasteiger charge is 2.25. The molecule has 1 aliphatic heterocycles. The van der Waals surface area contributed by atoms with Crippen molar-refractivity contribution in [2.75, 3.05) is 18.0 Å². The molecule has 0 saturated heterocycles. The van der Waals surface area contributed by atoms with Gasteiger partial charge < -0.3 is 11.5 Å². The summed E-state index contributed by atoms with van der Waals surface area (Å²) < 4.78 is 22.9. The summed E-state index contributed by atoms with van der Waals surface area (Å²) in [7, 11) is -3.03. The summed E-state index contributed by atoms with van der Waals surface area (Å²) in [5.74, 6) is 0.963. The number of aryl methyl sites for hydroxylation is 1. The molecular formula is C9H14N4O2S. The van der Waals surface area contributed by atoms with Gasteiger partial charge in [-0.15, -0.1) is 0 Å². The molecule has 0 fully saturated rings. The first-order valence-corrected chi connectivity index (χ1v) is 6.88. The van der Waals surface area contributed by atoms with Gasteiger partial charge in [0.15, 0.2) is 9.84 Å². The van der Waals surface area contributed by atoms with Crippen molar-refractivity contribution >= 4 is 15.7 Å². The van der Waals surface area contributed by atoms with Crippen LogP contribution in [0.1, 0.15) is 17.1 Å². The average Bonchev–Trinajstić information content (AvgIpc) is 2.19. The Morgan fingerprint density at radius 2 is 2.06 bits per heavy atom. The van der Waals surface area contributed by atoms with Crippen LogP contribution in [0.25, 0.3) is 0 Å². The fourth-order valence-corrected chi connectivity index (χ4v) is 3.15. The molecule has 7 heteroatoms. The van der Waals surface area contributed by atoms with Crippen LogP contribution in [0, 0.1) is 0 Å². The minimum atomic E-state index is -3.03. The molecule has 1 aliphatic rings. The van der Waals surface area contributed by atoms with Crippen molar-refractivity contribution in [3.8, 4) is 0 Å². The van der Waals surface area contributed by atoms with E-state index in [4.69, 9.17) is 11.5 Å². The predicted molar refractivity (Wildman–Crippen MR) is 60.4 cm³/mol. The van der Waals surface area contributed by atoms with E-state index in [0.717, 1.165) is 5.69 Å². The maximum absolute atomic E-state index is 11.4. The van der Waals surface area contributed by atoms with Gasteiger partial charge in [0, 0.05) is 18.4 Å². The standard InChI is InChI=1S/C9H14N4O2S/c10-3-1-8-12-7-2-4-16(14,15)5-6(7)9(11)13-8/h1-5,10H2,(H2,11,12,13). The van der Waals surface area contributed by atoms with Crippen molar-refractivity contribution < 1.29 is 8.42 Å². The van der Waals surface area contributed by atoms with Crippen molar-refractivity contribution in [2.45, 2.75) is 18.6 Å². The van der Waals surface area contributed by atoms with Crippen LogP contribution in [-0.2, 0) is 28.4 Å². The number of aromatic nitrogens is 2. The Bertz CT molecular complexity index is 512. The lowest BCUT2D eigenvalue weighted by Crippen LogP contribution is -2.23. The monoisotopic (exact) mass is 242 g/mol. The molecular weight excluding hydrogens is 228 g/mol. The van der Waals surface area contributed by atoms with Crippen LogP contribution >= 0.6 is 0 Å². The molecule has 0 spiro atoms. The van der Waals surface area contributed by atoms with Gasteiger partial charge >= 0.3 is 0 Å². The van der Waals surface area contributed by atoms with E-state index >= 15 is 0 Å². The van der Waals surface area contributed by atoms with Crippen LogP contribution < -0.4 is 11.5 Å². The molecule has 1 aromatic rings. The minimum absolute atomic E-state index is 0.0446. The average molecular weight is 242 g/mol. The highest BCUT2D eigenvalue weighted by atomic mass is 32.2. The summed E-state index contributed by atoms with van der Waals surface area (Å²) in [6.45, 7) is 0.455. The Kier molecular flexibility index (Phi) is 2.81. The summed E-state index contributed by atoms with van der Waals surface area (Å²) in [5.41, 5.74) is 12.5. The summed E-state index contributed by atoms with van der Waals surface area (Å²) in [6, 6.07) is 0. The van der Waals surface area contributed by atoms with Crippen LogP contribution in [-0.4, -0.2) is 30.7 Å². The minimum Gasteiger partial charge on any atom is -0.383 e. The summed E-state index contributed by atoms with van der Waals surface area (Å²) in [6.07, 6.45) is 0.978. The second-order valence-corrected chi connectivity index (χ2v) is 6.02. The second-order valence-electron chi connectivity index (χ2n) is 3.83. The van der Waals surface area contributed by atoms with Crippen LogP contribution in [0.15, 0.2) is 0 Å². The lowest BCUT2D eigenvalue weighted by atomic mass is 10.2. The Balaban J connectivity index is 2.44. The molecule has 4 N–H and O–H groups in total. The number of rotatable bonds is 2. The SMILES string of the molecule is NCCc1nc(N)c2c(n1)CCS(=O)(=O)C2. The lowest BCUT2D eigenvalue weighted by molar-refractivity contribution is 0.590. The highest BCUT2D eigenvalue weighted by molar-refractivity contribution is 7.90. The van der Waals surface area contributed by atoms with Gasteiger partial charge in [0.2, 0.25) is 0 Å². The zero-order valence-electron chi connectivity index (χ0n) is 8.81. The van der Waals surface area contributed by atoms with Gasteiger partial charge in [0.1, 0.15) is 11.6 Å². The molecule has 0 aliphatic carbocycles. The molecule has 6 nitrogen and oxygen atoms in total. The molecule has 0 atom stereocenters. The second kappa shape index (κ2) is 3.99. The number of hydrogen-bond acceptors (Lipinski definition) is 6. The van der Waals surface area contributed by atoms with E-state index in [1.54, 1.807) is 0 Å². The molecule has 1 aromatic heterocycles. The molecule has 0 unspecified atom stereocenters. The van der Waals surface area contributed by atoms with E-state index in [1.807, 2.05) is 0 Å². The van der Waals surface area contributed by atoms with E-state index in [9.17, 15) is 8.42 Å². The third-order valence-corrected chi connectivity index (χ3v) is 4.11. The fourth-order valence-electron chi connectivity index (χ4n) is 1.75. The molecule has 0 radical (unpaired) electrons. The van der Waals surface area contributed by atoms with Crippen molar-refractivity contribution in [1.82, 2.24) is 9.97 Å². The maximum Gasteiger partial charge on any atom is 0.155 e. The topological polar surface area (TPSA) is 112 Å². The fraction of sp³-hybridized carbons (Fsp3) is 0.556. The molecule has 0 saturated carbocycles. The van der Waals surface area contributed by atoms with Crippen molar-refractivity contribution in [1.29, 1.82) is 0 Å². The number of fused-ring (bicyclic) bond motifs is 1. The Morgan fingerprint density at radius 3 is 2.75 bits per heavy atom. The van der Waals surface area contributed by atoms with Crippen LogP contribution in [0.5, 0.6) is 0 Å². The molecule has 16 heavy (non-hydrogen) atoms. The van der Waals surface area contributed by atoms with Crippen LogP contribution in [0.2, 0.25) is 0 Å². The molecule has 0 bridgehead atoms. The number of nitrogen functional groups attached to an aromatic ring is 1. The zero-order chi connectivity index (χ0) is 11.8. The first-order chi connectivity index (χ1) is 7.52. The van der Waals surface area contributed by atoms with E-state index in [0.29, 0.717) is 30.8 Å². The summed E-state index contributed by atoms with van der Waals surface area (Å²) >= 11 is 0. The maximum atomic E-state index is 11.4. The number of nitrogens with zero attached hydrogens (tertiary/aromatic N) is 2. The van der Waals surface area contributed by atoms with Gasteiger partial charge in [-0.1, -0.05) is 0 Å². The lowest BCUT2D eigenvalue weighted by Gasteiger charge is -2.17. The first-order valence-electron chi connectivity index (χ1n) is 5.06. The van der Waals surface area contributed by atoms with Gasteiger partial charge in [0.05, 0.1) is 17.2 Å². The molecule has 0 amide bonds. The van der Waals surface area contributed by atoms with Gasteiger partial charge in [-0.05, 0) is 6.54 Å². The van der Waals surface area contributed by atoms with Crippen LogP contribution in [0.3, 0.4) is 0 Å². The van der Waals surface area contributed by atoms with Gasteiger partial charge in [0.25, 0.3) is 0 Å². The van der Waals surface area contributed by atoms with Crippen molar-refractivity contribution in [3.63, 3.8) is 0 Å². The molecule has 2 rings (SSSR count). The first kappa shape index (κ1) is 11.3.